The van der Waals surface area contributed by atoms with Gasteiger partial charge in [-0.3, -0.25) is 14.5 Å². The predicted octanol–water partition coefficient (Wildman–Crippen LogP) is 6.21. The van der Waals surface area contributed by atoms with Crippen molar-refractivity contribution in [3.63, 3.8) is 0 Å². The summed E-state index contributed by atoms with van der Waals surface area (Å²) in [7, 11) is 0. The molecule has 2 fully saturated rings. The minimum Gasteiger partial charge on any atom is -0.507 e. The summed E-state index contributed by atoms with van der Waals surface area (Å²) in [4.78, 5) is 30.4. The fourth-order valence-electron chi connectivity index (χ4n) is 5.38. The van der Waals surface area contributed by atoms with Crippen LogP contribution in [0.1, 0.15) is 30.0 Å². The highest BCUT2D eigenvalue weighted by Gasteiger charge is 2.47. The maximum atomic E-state index is 15.1. The number of hydrogen-bond acceptors (Lipinski definition) is 4. The van der Waals surface area contributed by atoms with Gasteiger partial charge in [0.1, 0.15) is 11.6 Å². The van der Waals surface area contributed by atoms with E-state index in [2.05, 4.69) is 4.90 Å². The normalized spacial score (nSPS) is 19.2. The van der Waals surface area contributed by atoms with Gasteiger partial charge in [-0.15, -0.1) is 0 Å². The van der Waals surface area contributed by atoms with Crippen molar-refractivity contribution in [1.82, 2.24) is 0 Å². The molecule has 2 aliphatic rings. The van der Waals surface area contributed by atoms with Crippen LogP contribution in [-0.2, 0) is 9.59 Å². The van der Waals surface area contributed by atoms with E-state index in [1.807, 2.05) is 42.5 Å². The topological polar surface area (TPSA) is 60.9 Å². The molecule has 0 radical (unpaired) electrons. The van der Waals surface area contributed by atoms with Crippen LogP contribution in [0, 0.1) is 5.82 Å². The third-order valence-electron chi connectivity index (χ3n) is 7.27. The molecule has 0 saturated carbocycles. The lowest BCUT2D eigenvalue weighted by molar-refractivity contribution is -0.132. The Morgan fingerprint density at radius 2 is 1.43 bits per heavy atom. The van der Waals surface area contributed by atoms with Crippen molar-refractivity contribution in [3.8, 4) is 0 Å². The molecule has 0 spiro atoms. The van der Waals surface area contributed by atoms with E-state index < -0.39 is 23.5 Å². The van der Waals surface area contributed by atoms with E-state index in [0.717, 1.165) is 42.4 Å². The standard InChI is InChI=1S/C31H25FN2O3/c32-26-10-4-3-9-25(26)28-27(29(35)22-12-11-20-7-1-2-8-21(20)19-22)30(36)31(37)34(28)24-15-13-23(14-16-24)33-17-5-6-18-33/h1-4,7-16,19,28,35H,5-6,17-18H2/b29-27+. The monoisotopic (exact) mass is 492 g/mol. The molecule has 4 aromatic rings. The molecular weight excluding hydrogens is 467 g/mol. The van der Waals surface area contributed by atoms with Crippen molar-refractivity contribution < 1.29 is 19.1 Å². The molecular formula is C31H25FN2O3. The molecule has 1 unspecified atom stereocenters. The minimum absolute atomic E-state index is 0.131. The first kappa shape index (κ1) is 23.0. The molecule has 0 bridgehead atoms. The lowest BCUT2D eigenvalue weighted by Gasteiger charge is -2.26. The van der Waals surface area contributed by atoms with Gasteiger partial charge in [-0.1, -0.05) is 54.6 Å². The van der Waals surface area contributed by atoms with Crippen molar-refractivity contribution in [3.05, 3.63) is 114 Å². The molecule has 5 nitrogen and oxygen atoms in total. The summed E-state index contributed by atoms with van der Waals surface area (Å²) in [6.07, 6.45) is 2.27. The van der Waals surface area contributed by atoms with Crippen molar-refractivity contribution >= 4 is 39.6 Å². The van der Waals surface area contributed by atoms with Crippen LogP contribution < -0.4 is 9.80 Å². The SMILES string of the molecule is O=C1C(=O)N(c2ccc(N3CCCC3)cc2)C(c2ccccc2F)/C1=C(\O)c1ccc2ccccc2c1. The molecule has 0 aromatic heterocycles. The lowest BCUT2D eigenvalue weighted by atomic mass is 9.94. The van der Waals surface area contributed by atoms with E-state index in [1.165, 1.54) is 11.0 Å². The van der Waals surface area contributed by atoms with Gasteiger partial charge in [-0.2, -0.15) is 0 Å². The fourth-order valence-corrected chi connectivity index (χ4v) is 5.38. The van der Waals surface area contributed by atoms with Gasteiger partial charge in [0.2, 0.25) is 0 Å². The Morgan fingerprint density at radius 1 is 0.784 bits per heavy atom. The summed E-state index contributed by atoms with van der Waals surface area (Å²) in [5, 5.41) is 13.2. The van der Waals surface area contributed by atoms with Gasteiger partial charge in [0.15, 0.2) is 0 Å². The molecule has 37 heavy (non-hydrogen) atoms. The number of Topliss-reactive ketones (excluding diaryl/α,β-unsaturated/α-hetero) is 1. The van der Waals surface area contributed by atoms with Gasteiger partial charge in [-0.25, -0.2) is 4.39 Å². The number of anilines is 2. The molecule has 1 N–H and O–H groups in total. The zero-order chi connectivity index (χ0) is 25.5. The number of halogens is 1. The van der Waals surface area contributed by atoms with Crippen LogP contribution in [0.4, 0.5) is 15.8 Å². The number of fused-ring (bicyclic) bond motifs is 1. The molecule has 1 amide bonds. The summed E-state index contributed by atoms with van der Waals surface area (Å²) >= 11 is 0. The van der Waals surface area contributed by atoms with Gasteiger partial charge >= 0.3 is 0 Å². The van der Waals surface area contributed by atoms with Crippen molar-refractivity contribution in [1.29, 1.82) is 0 Å². The summed E-state index contributed by atoms with van der Waals surface area (Å²) in [5.74, 6) is -2.53. The molecule has 0 aliphatic carbocycles. The molecule has 6 heteroatoms. The molecule has 2 saturated heterocycles. The molecule has 6 rings (SSSR count). The first-order valence-corrected chi connectivity index (χ1v) is 12.4. The summed E-state index contributed by atoms with van der Waals surface area (Å²) < 4.78 is 15.1. The Balaban J connectivity index is 1.50. The third kappa shape index (κ3) is 3.95. The van der Waals surface area contributed by atoms with Crippen molar-refractivity contribution in [2.75, 3.05) is 22.9 Å². The Kier molecular flexibility index (Phi) is 5.72. The van der Waals surface area contributed by atoms with Gasteiger partial charge in [0.25, 0.3) is 11.7 Å². The number of carbonyl (C=O) groups excluding carboxylic acids is 2. The molecule has 2 aliphatic heterocycles. The highest BCUT2D eigenvalue weighted by atomic mass is 19.1. The van der Waals surface area contributed by atoms with Gasteiger partial charge in [0.05, 0.1) is 11.6 Å². The Labute approximate surface area is 214 Å². The van der Waals surface area contributed by atoms with Crippen molar-refractivity contribution in [2.24, 2.45) is 0 Å². The Bertz CT molecular complexity index is 1550. The number of hydrogen-bond donors (Lipinski definition) is 1. The average molecular weight is 493 g/mol. The van der Waals surface area contributed by atoms with Gasteiger partial charge in [-0.05, 0) is 60.0 Å². The van der Waals surface area contributed by atoms with E-state index in [9.17, 15) is 14.7 Å². The predicted molar refractivity (Wildman–Crippen MR) is 143 cm³/mol. The second-order valence-electron chi connectivity index (χ2n) is 9.46. The Hall–Kier alpha value is -4.45. The lowest BCUT2D eigenvalue weighted by Crippen LogP contribution is -2.30. The van der Waals surface area contributed by atoms with Crippen LogP contribution in [0.3, 0.4) is 0 Å². The smallest absolute Gasteiger partial charge is 0.300 e. The Morgan fingerprint density at radius 3 is 2.16 bits per heavy atom. The first-order chi connectivity index (χ1) is 18.0. The number of aliphatic hydroxyl groups is 1. The van der Waals surface area contributed by atoms with Crippen LogP contribution in [0.5, 0.6) is 0 Å². The van der Waals surface area contributed by atoms with Crippen LogP contribution in [0.15, 0.2) is 96.6 Å². The maximum Gasteiger partial charge on any atom is 0.300 e. The number of rotatable bonds is 4. The average Bonchev–Trinajstić information content (AvgIpc) is 3.56. The largest absolute Gasteiger partial charge is 0.507 e. The fraction of sp³-hybridized carbons (Fsp3) is 0.161. The van der Waals surface area contributed by atoms with Crippen molar-refractivity contribution in [2.45, 2.75) is 18.9 Å². The number of ketones is 1. The summed E-state index contributed by atoms with van der Waals surface area (Å²) in [6, 6.07) is 25.3. The van der Waals surface area contributed by atoms with E-state index in [0.29, 0.717) is 11.3 Å². The van der Waals surface area contributed by atoms with Crippen LogP contribution >= 0.6 is 0 Å². The first-order valence-electron chi connectivity index (χ1n) is 12.4. The van der Waals surface area contributed by atoms with Crippen LogP contribution in [-0.4, -0.2) is 29.9 Å². The second-order valence-corrected chi connectivity index (χ2v) is 9.46. The zero-order valence-electron chi connectivity index (χ0n) is 20.1. The number of aliphatic hydroxyl groups excluding tert-OH is 1. The minimum atomic E-state index is -1.11. The van der Waals surface area contributed by atoms with E-state index in [1.54, 1.807) is 42.5 Å². The molecule has 2 heterocycles. The number of benzene rings is 4. The molecule has 4 aromatic carbocycles. The van der Waals surface area contributed by atoms with E-state index in [-0.39, 0.29) is 16.9 Å². The highest BCUT2D eigenvalue weighted by Crippen LogP contribution is 2.43. The second kappa shape index (κ2) is 9.21. The number of carbonyl (C=O) groups is 2. The van der Waals surface area contributed by atoms with E-state index in [4.69, 9.17) is 0 Å². The van der Waals surface area contributed by atoms with Crippen LogP contribution in [0.25, 0.3) is 16.5 Å². The van der Waals surface area contributed by atoms with Crippen LogP contribution in [0.2, 0.25) is 0 Å². The summed E-state index contributed by atoms with van der Waals surface area (Å²) in [5.41, 5.74) is 1.91. The highest BCUT2D eigenvalue weighted by molar-refractivity contribution is 6.51. The quantitative estimate of drug-likeness (QED) is 0.209. The van der Waals surface area contributed by atoms with E-state index >= 15 is 4.39 Å². The maximum absolute atomic E-state index is 15.1. The number of nitrogens with zero attached hydrogens (tertiary/aromatic N) is 2. The zero-order valence-corrected chi connectivity index (χ0v) is 20.1. The molecule has 1 atom stereocenters. The molecule has 184 valence electrons. The van der Waals surface area contributed by atoms with Gasteiger partial charge in [0, 0.05) is 35.6 Å². The number of amides is 1. The third-order valence-corrected chi connectivity index (χ3v) is 7.27. The summed E-state index contributed by atoms with van der Waals surface area (Å²) in [6.45, 7) is 1.95. The van der Waals surface area contributed by atoms with Gasteiger partial charge < -0.3 is 10.0 Å².